The van der Waals surface area contributed by atoms with Crippen LogP contribution in [0.1, 0.15) is 24.6 Å². The molecule has 0 aromatic carbocycles. The van der Waals surface area contributed by atoms with Crippen molar-refractivity contribution in [3.8, 4) is 0 Å². The van der Waals surface area contributed by atoms with Gasteiger partial charge in [-0.2, -0.15) is 5.10 Å². The maximum Gasteiger partial charge on any atom is 0.227 e. The van der Waals surface area contributed by atoms with Gasteiger partial charge in [0.05, 0.1) is 23.6 Å². The lowest BCUT2D eigenvalue weighted by atomic mass is 9.87. The first-order valence-corrected chi connectivity index (χ1v) is 4.38. The number of anilines is 1. The number of nitrogens with zero attached hydrogens (tertiary/aromatic N) is 3. The van der Waals surface area contributed by atoms with Gasteiger partial charge in [-0.3, -0.25) is 4.68 Å². The zero-order chi connectivity index (χ0) is 9.42. The molecule has 1 aromatic heterocycles. The van der Waals surface area contributed by atoms with Crippen molar-refractivity contribution in [3.05, 3.63) is 23.3 Å². The second-order valence-electron chi connectivity index (χ2n) is 3.54. The summed E-state index contributed by atoms with van der Waals surface area (Å²) < 4.78 is 1.94. The lowest BCUT2D eigenvalue weighted by Crippen LogP contribution is -2.30. The minimum absolute atomic E-state index is 0.204. The Hall–Kier alpha value is -1.50. The largest absolute Gasteiger partial charge is 0.396 e. The highest BCUT2D eigenvalue weighted by atomic mass is 15.3. The number of nitrogens with two attached hydrogens (primary N) is 1. The quantitative estimate of drug-likeness (QED) is 0.657. The highest BCUT2D eigenvalue weighted by Gasteiger charge is 2.36. The third kappa shape index (κ3) is 1.17. The van der Waals surface area contributed by atoms with Crippen molar-refractivity contribution < 1.29 is 0 Å². The van der Waals surface area contributed by atoms with E-state index in [-0.39, 0.29) is 6.04 Å². The van der Waals surface area contributed by atoms with E-state index >= 15 is 0 Å². The van der Waals surface area contributed by atoms with Gasteiger partial charge in [-0.1, -0.05) is 0 Å². The van der Waals surface area contributed by atoms with Gasteiger partial charge >= 0.3 is 0 Å². The molecule has 4 heteroatoms. The monoisotopic (exact) mass is 176 g/mol. The van der Waals surface area contributed by atoms with E-state index in [1.165, 1.54) is 0 Å². The molecule has 1 aliphatic rings. The molecular formula is C9H12N4. The summed E-state index contributed by atoms with van der Waals surface area (Å²) in [6, 6.07) is 0.603. The molecule has 0 saturated heterocycles. The molecule has 1 aromatic rings. The molecule has 1 heterocycles. The Morgan fingerprint density at radius 3 is 2.85 bits per heavy atom. The van der Waals surface area contributed by atoms with Crippen molar-refractivity contribution >= 4 is 5.69 Å². The van der Waals surface area contributed by atoms with E-state index in [0.29, 0.717) is 6.04 Å². The van der Waals surface area contributed by atoms with E-state index in [1.807, 2.05) is 11.6 Å². The molecule has 2 N–H and O–H groups in total. The molecule has 0 atom stereocenters. The van der Waals surface area contributed by atoms with Crippen LogP contribution in [-0.4, -0.2) is 15.8 Å². The molecule has 68 valence electrons. The summed E-state index contributed by atoms with van der Waals surface area (Å²) in [4.78, 5) is 3.48. The van der Waals surface area contributed by atoms with E-state index in [0.717, 1.165) is 24.2 Å². The molecule has 0 spiro atoms. The van der Waals surface area contributed by atoms with Gasteiger partial charge in [-0.25, -0.2) is 6.57 Å². The van der Waals surface area contributed by atoms with Gasteiger partial charge in [0.25, 0.3) is 0 Å². The van der Waals surface area contributed by atoms with Gasteiger partial charge in [0.1, 0.15) is 0 Å². The van der Waals surface area contributed by atoms with Gasteiger partial charge in [0.15, 0.2) is 0 Å². The number of rotatable bonds is 1. The molecule has 4 nitrogen and oxygen atoms in total. The van der Waals surface area contributed by atoms with Crippen LogP contribution in [0.2, 0.25) is 0 Å². The molecule has 13 heavy (non-hydrogen) atoms. The maximum atomic E-state index is 6.84. The summed E-state index contributed by atoms with van der Waals surface area (Å²) in [6.45, 7) is 8.81. The molecule has 1 aliphatic carbocycles. The summed E-state index contributed by atoms with van der Waals surface area (Å²) in [5.74, 6) is 0. The Morgan fingerprint density at radius 1 is 1.69 bits per heavy atom. The Morgan fingerprint density at radius 2 is 2.38 bits per heavy atom. The molecule has 1 saturated carbocycles. The molecule has 0 radical (unpaired) electrons. The summed E-state index contributed by atoms with van der Waals surface area (Å²) in [5.41, 5.74) is 7.44. The number of hydrogen-bond donors (Lipinski definition) is 1. The predicted molar refractivity (Wildman–Crippen MR) is 50.0 cm³/mol. The van der Waals surface area contributed by atoms with Crippen LogP contribution in [0, 0.1) is 13.5 Å². The first-order valence-electron chi connectivity index (χ1n) is 4.38. The highest BCUT2D eigenvalue weighted by Crippen LogP contribution is 2.35. The first kappa shape index (κ1) is 8.11. The van der Waals surface area contributed by atoms with Gasteiger partial charge < -0.3 is 10.6 Å². The minimum Gasteiger partial charge on any atom is -0.396 e. The standard InChI is InChI=1S/C9H12N4/c1-6-9(10)5-12-13(6)8-3-7(4-8)11-2/h5,7-8H,3-4,10H2,1H3. The van der Waals surface area contributed by atoms with Crippen LogP contribution in [0.4, 0.5) is 5.69 Å². The van der Waals surface area contributed by atoms with E-state index in [4.69, 9.17) is 12.3 Å². The van der Waals surface area contributed by atoms with E-state index in [1.54, 1.807) is 6.20 Å². The third-order valence-corrected chi connectivity index (χ3v) is 2.70. The van der Waals surface area contributed by atoms with Crippen LogP contribution in [0.3, 0.4) is 0 Å². The Bertz CT molecular complexity index is 354. The average Bonchev–Trinajstić information content (AvgIpc) is 2.34. The van der Waals surface area contributed by atoms with Crippen molar-refractivity contribution in [3.63, 3.8) is 0 Å². The van der Waals surface area contributed by atoms with Crippen molar-refractivity contribution in [1.82, 2.24) is 9.78 Å². The van der Waals surface area contributed by atoms with Crippen LogP contribution in [0.5, 0.6) is 0 Å². The van der Waals surface area contributed by atoms with Gasteiger partial charge in [-0.05, 0) is 6.92 Å². The summed E-state index contributed by atoms with van der Waals surface area (Å²) in [5, 5.41) is 4.19. The van der Waals surface area contributed by atoms with Crippen LogP contribution < -0.4 is 5.73 Å². The van der Waals surface area contributed by atoms with Crippen molar-refractivity contribution in [2.24, 2.45) is 0 Å². The lowest BCUT2D eigenvalue weighted by Gasteiger charge is -2.28. The Balaban J connectivity index is 2.12. The average molecular weight is 176 g/mol. The fourth-order valence-electron chi connectivity index (χ4n) is 1.67. The van der Waals surface area contributed by atoms with Crippen molar-refractivity contribution in [2.45, 2.75) is 31.8 Å². The molecule has 2 rings (SSSR count). The van der Waals surface area contributed by atoms with Gasteiger partial charge in [0.2, 0.25) is 6.04 Å². The van der Waals surface area contributed by atoms with Crippen molar-refractivity contribution in [2.75, 3.05) is 5.73 Å². The molecule has 0 aliphatic heterocycles. The van der Waals surface area contributed by atoms with E-state index in [2.05, 4.69) is 9.94 Å². The molecule has 1 fully saturated rings. The van der Waals surface area contributed by atoms with Gasteiger partial charge in [0, 0.05) is 12.8 Å². The normalized spacial score (nSPS) is 26.5. The summed E-state index contributed by atoms with van der Waals surface area (Å²) in [7, 11) is 0. The number of hydrogen-bond acceptors (Lipinski definition) is 2. The molecule has 0 amide bonds. The zero-order valence-corrected chi connectivity index (χ0v) is 7.57. The first-order chi connectivity index (χ1) is 6.22. The fraction of sp³-hybridized carbons (Fsp3) is 0.556. The molecule has 0 bridgehead atoms. The topological polar surface area (TPSA) is 48.2 Å². The van der Waals surface area contributed by atoms with Crippen LogP contribution in [-0.2, 0) is 0 Å². The maximum absolute atomic E-state index is 6.84. The third-order valence-electron chi connectivity index (χ3n) is 2.70. The molecular weight excluding hydrogens is 164 g/mol. The predicted octanol–water partition coefficient (Wildman–Crippen LogP) is 1.40. The van der Waals surface area contributed by atoms with Crippen LogP contribution in [0.15, 0.2) is 6.20 Å². The van der Waals surface area contributed by atoms with Crippen LogP contribution >= 0.6 is 0 Å². The SMILES string of the molecule is [C-]#[N+]C1CC(n2ncc(N)c2C)C1. The second kappa shape index (κ2) is 2.77. The summed E-state index contributed by atoms with van der Waals surface area (Å²) >= 11 is 0. The lowest BCUT2D eigenvalue weighted by molar-refractivity contribution is 0.269. The van der Waals surface area contributed by atoms with Crippen molar-refractivity contribution in [1.29, 1.82) is 0 Å². The summed E-state index contributed by atoms with van der Waals surface area (Å²) in [6.07, 6.45) is 3.53. The van der Waals surface area contributed by atoms with E-state index in [9.17, 15) is 0 Å². The zero-order valence-electron chi connectivity index (χ0n) is 7.57. The van der Waals surface area contributed by atoms with E-state index < -0.39 is 0 Å². The second-order valence-corrected chi connectivity index (χ2v) is 3.54. The Kier molecular flexibility index (Phi) is 1.73. The number of nitrogen functional groups attached to an aromatic ring is 1. The fourth-order valence-corrected chi connectivity index (χ4v) is 1.67. The highest BCUT2D eigenvalue weighted by molar-refractivity contribution is 5.40. The number of aromatic nitrogens is 2. The smallest absolute Gasteiger partial charge is 0.227 e. The minimum atomic E-state index is 0.204. The Labute approximate surface area is 77.2 Å². The van der Waals surface area contributed by atoms with Gasteiger partial charge in [-0.15, -0.1) is 0 Å². The van der Waals surface area contributed by atoms with Crippen LogP contribution in [0.25, 0.3) is 4.85 Å². The molecule has 0 unspecified atom stereocenters.